The summed E-state index contributed by atoms with van der Waals surface area (Å²) in [5.74, 6) is 0. The Morgan fingerprint density at radius 3 is 2.56 bits per heavy atom. The van der Waals surface area contributed by atoms with E-state index in [4.69, 9.17) is 10.5 Å². The zero-order chi connectivity index (χ0) is 11.5. The Bertz CT molecular complexity index is 328. The lowest BCUT2D eigenvalue weighted by Crippen LogP contribution is -2.31. The first-order valence-electron chi connectivity index (χ1n) is 5.84. The van der Waals surface area contributed by atoms with Gasteiger partial charge in [-0.3, -0.25) is 0 Å². The number of likely N-dealkylation sites (N-methyl/N-ethyl adjacent to an activating group) is 1. The lowest BCUT2D eigenvalue weighted by Gasteiger charge is -2.25. The predicted molar refractivity (Wildman–Crippen MR) is 66.7 cm³/mol. The fraction of sp³-hybridized carbons (Fsp3) is 0.538. The number of rotatable bonds is 3. The molecule has 0 amide bonds. The van der Waals surface area contributed by atoms with Gasteiger partial charge in [0, 0.05) is 25.4 Å². The summed E-state index contributed by atoms with van der Waals surface area (Å²) in [6.07, 6.45) is 1.12. The molecule has 1 aromatic rings. The Labute approximate surface area is 97.2 Å². The van der Waals surface area contributed by atoms with Crippen molar-refractivity contribution < 1.29 is 4.74 Å². The monoisotopic (exact) mass is 220 g/mol. The van der Waals surface area contributed by atoms with Crippen molar-refractivity contribution in [3.8, 4) is 0 Å². The van der Waals surface area contributed by atoms with E-state index in [1.807, 2.05) is 6.92 Å². The molecule has 1 heterocycles. The van der Waals surface area contributed by atoms with E-state index in [9.17, 15) is 0 Å². The van der Waals surface area contributed by atoms with Crippen molar-refractivity contribution >= 4 is 5.69 Å². The summed E-state index contributed by atoms with van der Waals surface area (Å²) < 4.78 is 5.40. The predicted octanol–water partition coefficient (Wildman–Crippen LogP) is 1.93. The van der Waals surface area contributed by atoms with Crippen LogP contribution in [-0.4, -0.2) is 26.3 Å². The molecule has 1 aliphatic heterocycles. The van der Waals surface area contributed by atoms with Gasteiger partial charge in [0.1, 0.15) is 0 Å². The highest BCUT2D eigenvalue weighted by Gasteiger charge is 2.20. The molecule has 0 bridgehead atoms. The molecule has 3 heteroatoms. The first kappa shape index (κ1) is 11.4. The van der Waals surface area contributed by atoms with Gasteiger partial charge in [-0.15, -0.1) is 0 Å². The SMILES string of the molecule is C[C@H](N)c1ccc(N(C)C2CCOC2)cc1. The molecule has 0 aromatic heterocycles. The third-order valence-corrected chi connectivity index (χ3v) is 3.28. The van der Waals surface area contributed by atoms with E-state index in [0.29, 0.717) is 6.04 Å². The minimum Gasteiger partial charge on any atom is -0.379 e. The van der Waals surface area contributed by atoms with E-state index in [1.165, 1.54) is 11.3 Å². The van der Waals surface area contributed by atoms with Gasteiger partial charge in [-0.1, -0.05) is 12.1 Å². The van der Waals surface area contributed by atoms with Gasteiger partial charge in [0.05, 0.1) is 12.6 Å². The van der Waals surface area contributed by atoms with Crippen molar-refractivity contribution in [1.82, 2.24) is 0 Å². The fourth-order valence-electron chi connectivity index (χ4n) is 2.05. The molecule has 3 nitrogen and oxygen atoms in total. The number of anilines is 1. The molecular weight excluding hydrogens is 200 g/mol. The van der Waals surface area contributed by atoms with Crippen LogP contribution in [0.15, 0.2) is 24.3 Å². The van der Waals surface area contributed by atoms with Crippen LogP contribution < -0.4 is 10.6 Å². The van der Waals surface area contributed by atoms with Crippen LogP contribution in [0.2, 0.25) is 0 Å². The fourth-order valence-corrected chi connectivity index (χ4v) is 2.05. The quantitative estimate of drug-likeness (QED) is 0.846. The van der Waals surface area contributed by atoms with Gasteiger partial charge in [-0.25, -0.2) is 0 Å². The smallest absolute Gasteiger partial charge is 0.0670 e. The number of hydrogen-bond acceptors (Lipinski definition) is 3. The molecule has 16 heavy (non-hydrogen) atoms. The maximum absolute atomic E-state index is 5.83. The molecule has 2 rings (SSSR count). The Hall–Kier alpha value is -1.06. The Kier molecular flexibility index (Phi) is 3.46. The summed E-state index contributed by atoms with van der Waals surface area (Å²) in [4.78, 5) is 2.29. The lowest BCUT2D eigenvalue weighted by atomic mass is 10.1. The molecule has 2 N–H and O–H groups in total. The minimum absolute atomic E-state index is 0.106. The number of nitrogens with two attached hydrogens (primary N) is 1. The lowest BCUT2D eigenvalue weighted by molar-refractivity contribution is 0.193. The average Bonchev–Trinajstić information content (AvgIpc) is 2.81. The molecule has 1 aromatic carbocycles. The molecule has 0 spiro atoms. The largest absolute Gasteiger partial charge is 0.379 e. The van der Waals surface area contributed by atoms with Gasteiger partial charge in [-0.2, -0.15) is 0 Å². The standard InChI is InChI=1S/C13H20N2O/c1-10(14)11-3-5-12(6-4-11)15(2)13-7-8-16-9-13/h3-6,10,13H,7-9,14H2,1-2H3/t10-,13?/m0/s1. The highest BCUT2D eigenvalue weighted by Crippen LogP contribution is 2.21. The zero-order valence-electron chi connectivity index (χ0n) is 10.0. The maximum atomic E-state index is 5.83. The zero-order valence-corrected chi connectivity index (χ0v) is 10.0. The molecule has 0 aliphatic carbocycles. The Morgan fingerprint density at radius 2 is 2.06 bits per heavy atom. The van der Waals surface area contributed by atoms with Crippen LogP contribution in [0.3, 0.4) is 0 Å². The number of nitrogens with zero attached hydrogens (tertiary/aromatic N) is 1. The topological polar surface area (TPSA) is 38.5 Å². The normalized spacial score (nSPS) is 22.1. The van der Waals surface area contributed by atoms with Crippen LogP contribution in [0.25, 0.3) is 0 Å². The van der Waals surface area contributed by atoms with Crippen molar-refractivity contribution in [2.45, 2.75) is 25.4 Å². The second-order valence-corrected chi connectivity index (χ2v) is 4.51. The van der Waals surface area contributed by atoms with Crippen molar-refractivity contribution in [2.24, 2.45) is 5.73 Å². The van der Waals surface area contributed by atoms with Crippen LogP contribution in [0.4, 0.5) is 5.69 Å². The van der Waals surface area contributed by atoms with Crippen LogP contribution in [0.1, 0.15) is 24.9 Å². The summed E-state index contributed by atoms with van der Waals surface area (Å²) in [5, 5.41) is 0. The molecule has 1 saturated heterocycles. The summed E-state index contributed by atoms with van der Waals surface area (Å²) in [5.41, 5.74) is 8.24. The molecule has 0 radical (unpaired) electrons. The van der Waals surface area contributed by atoms with Gasteiger partial charge in [-0.05, 0) is 31.0 Å². The number of hydrogen-bond donors (Lipinski definition) is 1. The third kappa shape index (κ3) is 2.36. The molecule has 1 aliphatic rings. The second kappa shape index (κ2) is 4.85. The van der Waals surface area contributed by atoms with E-state index >= 15 is 0 Å². The van der Waals surface area contributed by atoms with Crippen molar-refractivity contribution in [3.63, 3.8) is 0 Å². The van der Waals surface area contributed by atoms with Gasteiger partial charge in [0.15, 0.2) is 0 Å². The summed E-state index contributed by atoms with van der Waals surface area (Å²) >= 11 is 0. The van der Waals surface area contributed by atoms with Crippen molar-refractivity contribution in [2.75, 3.05) is 25.2 Å². The highest BCUT2D eigenvalue weighted by atomic mass is 16.5. The maximum Gasteiger partial charge on any atom is 0.0670 e. The van der Waals surface area contributed by atoms with Crippen LogP contribution in [0.5, 0.6) is 0 Å². The van der Waals surface area contributed by atoms with Gasteiger partial charge in [0.25, 0.3) is 0 Å². The van der Waals surface area contributed by atoms with Crippen molar-refractivity contribution in [1.29, 1.82) is 0 Å². The van der Waals surface area contributed by atoms with E-state index in [0.717, 1.165) is 19.6 Å². The average molecular weight is 220 g/mol. The molecule has 88 valence electrons. The van der Waals surface area contributed by atoms with Crippen molar-refractivity contribution in [3.05, 3.63) is 29.8 Å². The molecule has 0 saturated carbocycles. The molecule has 2 atom stereocenters. The van der Waals surface area contributed by atoms with E-state index in [2.05, 4.69) is 36.2 Å². The van der Waals surface area contributed by atoms with Crippen LogP contribution >= 0.6 is 0 Å². The van der Waals surface area contributed by atoms with E-state index < -0.39 is 0 Å². The summed E-state index contributed by atoms with van der Waals surface area (Å²) in [6.45, 7) is 3.72. The first-order chi connectivity index (χ1) is 7.68. The van der Waals surface area contributed by atoms with Gasteiger partial charge in [0.2, 0.25) is 0 Å². The van der Waals surface area contributed by atoms with E-state index in [-0.39, 0.29) is 6.04 Å². The van der Waals surface area contributed by atoms with E-state index in [1.54, 1.807) is 0 Å². The first-order valence-corrected chi connectivity index (χ1v) is 5.84. The van der Waals surface area contributed by atoms with Crippen LogP contribution in [0, 0.1) is 0 Å². The number of benzene rings is 1. The van der Waals surface area contributed by atoms with Gasteiger partial charge < -0.3 is 15.4 Å². The van der Waals surface area contributed by atoms with Gasteiger partial charge >= 0.3 is 0 Å². The molecule has 1 unspecified atom stereocenters. The van der Waals surface area contributed by atoms with Crippen LogP contribution in [-0.2, 0) is 4.74 Å². The number of ether oxygens (including phenoxy) is 1. The molecular formula is C13H20N2O. The summed E-state index contributed by atoms with van der Waals surface area (Å²) in [6, 6.07) is 9.10. The third-order valence-electron chi connectivity index (χ3n) is 3.28. The second-order valence-electron chi connectivity index (χ2n) is 4.51. The Morgan fingerprint density at radius 1 is 1.38 bits per heavy atom. The summed E-state index contributed by atoms with van der Waals surface area (Å²) in [7, 11) is 2.13. The highest BCUT2D eigenvalue weighted by molar-refractivity contribution is 5.48. The minimum atomic E-state index is 0.106. The Balaban J connectivity index is 2.08. The molecule has 1 fully saturated rings.